The first-order valence-electron chi connectivity index (χ1n) is 4.10. The molecule has 0 amide bonds. The third-order valence-electron chi connectivity index (χ3n) is 1.70. The van der Waals surface area contributed by atoms with Crippen LogP contribution >= 0.6 is 0 Å². The molecule has 0 aliphatic carbocycles. The van der Waals surface area contributed by atoms with Crippen LogP contribution in [-0.2, 0) is 4.74 Å². The summed E-state index contributed by atoms with van der Waals surface area (Å²) >= 11 is 0. The van der Waals surface area contributed by atoms with Gasteiger partial charge in [0, 0.05) is 0 Å². The first kappa shape index (κ1) is 11.9. The number of hydrogen-bond acceptors (Lipinski definition) is 2. The van der Waals surface area contributed by atoms with Gasteiger partial charge in [0.1, 0.15) is 5.82 Å². The lowest BCUT2D eigenvalue weighted by Gasteiger charge is -2.13. The molecule has 0 heterocycles. The van der Waals surface area contributed by atoms with Gasteiger partial charge in [0.15, 0.2) is 0 Å². The topological polar surface area (TPSA) is 35.2 Å². The molecule has 1 atom stereocenters. The largest absolute Gasteiger partial charge is 0.522 e. The summed E-state index contributed by atoms with van der Waals surface area (Å²) in [5.74, 6) is -0.546. The second kappa shape index (κ2) is 4.59. The molecule has 2 nitrogen and oxygen atoms in total. The molecule has 0 bridgehead atoms. The van der Waals surface area contributed by atoms with E-state index in [0.29, 0.717) is 0 Å². The van der Waals surface area contributed by atoms with Gasteiger partial charge in [0.05, 0.1) is 12.6 Å². The number of benzene rings is 1. The summed E-state index contributed by atoms with van der Waals surface area (Å²) in [5, 5.41) is 0. The van der Waals surface area contributed by atoms with Gasteiger partial charge in [-0.05, 0) is 17.7 Å². The lowest BCUT2D eigenvalue weighted by Crippen LogP contribution is -2.23. The number of rotatable bonds is 3. The van der Waals surface area contributed by atoms with Gasteiger partial charge in [-0.15, -0.1) is 13.2 Å². The van der Waals surface area contributed by atoms with Crippen LogP contribution in [0.4, 0.5) is 17.6 Å². The Morgan fingerprint density at radius 2 is 2.00 bits per heavy atom. The highest BCUT2D eigenvalue weighted by molar-refractivity contribution is 5.19. The molecule has 2 N–H and O–H groups in total. The van der Waals surface area contributed by atoms with Gasteiger partial charge in [0.25, 0.3) is 0 Å². The van der Waals surface area contributed by atoms with Crippen LogP contribution < -0.4 is 5.73 Å². The van der Waals surface area contributed by atoms with Crippen LogP contribution in [0.2, 0.25) is 0 Å². The fraction of sp³-hybridized carbons (Fsp3) is 0.333. The first-order valence-corrected chi connectivity index (χ1v) is 4.10. The second-order valence-electron chi connectivity index (χ2n) is 2.92. The fourth-order valence-corrected chi connectivity index (χ4v) is 1.02. The molecular formula is C9H9F4NO. The van der Waals surface area contributed by atoms with E-state index in [9.17, 15) is 17.6 Å². The Kier molecular flexibility index (Phi) is 3.65. The number of hydrogen-bond donors (Lipinski definition) is 1. The average molecular weight is 223 g/mol. The second-order valence-corrected chi connectivity index (χ2v) is 2.92. The number of halogens is 4. The van der Waals surface area contributed by atoms with Crippen molar-refractivity contribution >= 4 is 0 Å². The summed E-state index contributed by atoms with van der Waals surface area (Å²) in [6.07, 6.45) is -4.72. The highest BCUT2D eigenvalue weighted by Gasteiger charge is 2.30. The molecule has 1 unspecified atom stereocenters. The molecule has 15 heavy (non-hydrogen) atoms. The summed E-state index contributed by atoms with van der Waals surface area (Å²) in [6.45, 7) is -0.729. The van der Waals surface area contributed by atoms with Crippen molar-refractivity contribution in [3.63, 3.8) is 0 Å². The fourth-order valence-electron chi connectivity index (χ4n) is 1.02. The van der Waals surface area contributed by atoms with Crippen LogP contribution in [-0.4, -0.2) is 13.0 Å². The van der Waals surface area contributed by atoms with E-state index >= 15 is 0 Å². The maximum Gasteiger partial charge on any atom is 0.522 e. The molecule has 0 radical (unpaired) electrons. The van der Waals surface area contributed by atoms with E-state index < -0.39 is 24.8 Å². The van der Waals surface area contributed by atoms with Crippen molar-refractivity contribution in [2.45, 2.75) is 12.4 Å². The standard InChI is InChI=1S/C9H9F4NO/c10-7-3-1-2-6(4-7)8(14)5-15-9(11,12)13/h1-4,8H,5,14H2. The van der Waals surface area contributed by atoms with E-state index in [1.165, 1.54) is 18.2 Å². The Balaban J connectivity index is 2.58. The van der Waals surface area contributed by atoms with Crippen LogP contribution in [0.3, 0.4) is 0 Å². The van der Waals surface area contributed by atoms with E-state index in [-0.39, 0.29) is 5.56 Å². The molecular weight excluding hydrogens is 214 g/mol. The molecule has 6 heteroatoms. The maximum absolute atomic E-state index is 12.7. The summed E-state index contributed by atoms with van der Waals surface area (Å²) in [6, 6.07) is 4.07. The highest BCUT2D eigenvalue weighted by Crippen LogP contribution is 2.19. The lowest BCUT2D eigenvalue weighted by atomic mass is 10.1. The zero-order valence-electron chi connectivity index (χ0n) is 7.59. The molecule has 0 aliphatic heterocycles. The Labute approximate surface area is 83.6 Å². The smallest absolute Gasteiger partial charge is 0.322 e. The van der Waals surface area contributed by atoms with Crippen LogP contribution in [0.5, 0.6) is 0 Å². The van der Waals surface area contributed by atoms with Crippen molar-refractivity contribution in [1.29, 1.82) is 0 Å². The molecule has 0 saturated heterocycles. The Morgan fingerprint density at radius 3 is 2.53 bits per heavy atom. The number of ether oxygens (including phenoxy) is 1. The van der Waals surface area contributed by atoms with Crippen LogP contribution in [0.15, 0.2) is 24.3 Å². The molecule has 0 saturated carbocycles. The van der Waals surface area contributed by atoms with E-state index in [2.05, 4.69) is 4.74 Å². The van der Waals surface area contributed by atoms with Crippen molar-refractivity contribution < 1.29 is 22.3 Å². The van der Waals surface area contributed by atoms with Crippen molar-refractivity contribution in [2.75, 3.05) is 6.61 Å². The summed E-state index contributed by atoms with van der Waals surface area (Å²) < 4.78 is 51.2. The molecule has 0 aromatic heterocycles. The number of alkyl halides is 3. The predicted octanol–water partition coefficient (Wildman–Crippen LogP) is 2.36. The SMILES string of the molecule is NC(COC(F)(F)F)c1cccc(F)c1. The molecule has 1 aromatic carbocycles. The normalized spacial score (nSPS) is 13.9. The monoisotopic (exact) mass is 223 g/mol. The minimum absolute atomic E-state index is 0.263. The summed E-state index contributed by atoms with van der Waals surface area (Å²) in [4.78, 5) is 0. The molecule has 0 spiro atoms. The van der Waals surface area contributed by atoms with Gasteiger partial charge in [-0.25, -0.2) is 4.39 Å². The number of nitrogens with two attached hydrogens (primary N) is 1. The van der Waals surface area contributed by atoms with Gasteiger partial charge >= 0.3 is 6.36 Å². The lowest BCUT2D eigenvalue weighted by molar-refractivity contribution is -0.326. The highest BCUT2D eigenvalue weighted by atomic mass is 19.4. The molecule has 0 fully saturated rings. The van der Waals surface area contributed by atoms with Gasteiger partial charge < -0.3 is 5.73 Å². The molecule has 1 rings (SSSR count). The summed E-state index contributed by atoms with van der Waals surface area (Å²) in [7, 11) is 0. The van der Waals surface area contributed by atoms with E-state index in [1.807, 2.05) is 0 Å². The van der Waals surface area contributed by atoms with Crippen LogP contribution in [0.25, 0.3) is 0 Å². The first-order chi connectivity index (χ1) is 6.88. The van der Waals surface area contributed by atoms with Crippen LogP contribution in [0, 0.1) is 5.82 Å². The maximum atomic E-state index is 12.7. The van der Waals surface area contributed by atoms with Crippen molar-refractivity contribution in [2.24, 2.45) is 5.73 Å². The predicted molar refractivity (Wildman–Crippen MR) is 45.3 cm³/mol. The quantitative estimate of drug-likeness (QED) is 0.798. The van der Waals surface area contributed by atoms with E-state index in [4.69, 9.17) is 5.73 Å². The minimum atomic E-state index is -4.72. The Morgan fingerprint density at radius 1 is 1.33 bits per heavy atom. The van der Waals surface area contributed by atoms with E-state index in [0.717, 1.165) is 6.07 Å². The third kappa shape index (κ3) is 4.26. The third-order valence-corrected chi connectivity index (χ3v) is 1.70. The zero-order chi connectivity index (χ0) is 11.5. The Bertz CT molecular complexity index is 326. The van der Waals surface area contributed by atoms with Gasteiger partial charge in [0.2, 0.25) is 0 Å². The van der Waals surface area contributed by atoms with Crippen molar-refractivity contribution in [3.8, 4) is 0 Å². The van der Waals surface area contributed by atoms with Gasteiger partial charge in [-0.1, -0.05) is 12.1 Å². The van der Waals surface area contributed by atoms with Gasteiger partial charge in [-0.2, -0.15) is 0 Å². The molecule has 1 aromatic rings. The Hall–Kier alpha value is -1.14. The van der Waals surface area contributed by atoms with Crippen molar-refractivity contribution in [1.82, 2.24) is 0 Å². The molecule has 0 aliphatic rings. The van der Waals surface area contributed by atoms with Gasteiger partial charge in [-0.3, -0.25) is 4.74 Å². The average Bonchev–Trinajstić information content (AvgIpc) is 2.13. The zero-order valence-corrected chi connectivity index (χ0v) is 7.59. The molecule has 84 valence electrons. The van der Waals surface area contributed by atoms with Crippen LogP contribution in [0.1, 0.15) is 11.6 Å². The summed E-state index contributed by atoms with van der Waals surface area (Å²) in [5.41, 5.74) is 5.64. The van der Waals surface area contributed by atoms with E-state index in [1.54, 1.807) is 0 Å². The minimum Gasteiger partial charge on any atom is -0.322 e. The van der Waals surface area contributed by atoms with Crippen molar-refractivity contribution in [3.05, 3.63) is 35.6 Å².